The van der Waals surface area contributed by atoms with Crippen molar-refractivity contribution in [2.24, 2.45) is 0 Å². The number of rotatable bonds is 4. The van der Waals surface area contributed by atoms with E-state index in [4.69, 9.17) is 4.74 Å². The van der Waals surface area contributed by atoms with Crippen LogP contribution >= 0.6 is 0 Å². The molecule has 2 rings (SSSR count). The summed E-state index contributed by atoms with van der Waals surface area (Å²) in [5.74, 6) is 0.993. The summed E-state index contributed by atoms with van der Waals surface area (Å²) in [4.78, 5) is 2.36. The summed E-state index contributed by atoms with van der Waals surface area (Å²) in [5, 5.41) is 9.44. The van der Waals surface area contributed by atoms with Gasteiger partial charge in [-0.2, -0.15) is 0 Å². The van der Waals surface area contributed by atoms with Crippen molar-refractivity contribution in [1.82, 2.24) is 4.90 Å². The van der Waals surface area contributed by atoms with Crippen molar-refractivity contribution in [3.8, 4) is 5.75 Å². The van der Waals surface area contributed by atoms with Gasteiger partial charge < -0.3 is 9.84 Å². The predicted octanol–water partition coefficient (Wildman–Crippen LogP) is 2.14. The van der Waals surface area contributed by atoms with Crippen LogP contribution in [0, 0.1) is 13.8 Å². The molecule has 1 heterocycles. The molecule has 0 atom stereocenters. The summed E-state index contributed by atoms with van der Waals surface area (Å²) in [5.41, 5.74) is 2.50. The van der Waals surface area contributed by atoms with Crippen molar-refractivity contribution in [2.45, 2.75) is 32.8 Å². The Kier molecular flexibility index (Phi) is 4.61. The molecule has 1 aromatic carbocycles. The van der Waals surface area contributed by atoms with Crippen molar-refractivity contribution in [2.75, 3.05) is 26.2 Å². The van der Waals surface area contributed by atoms with Crippen molar-refractivity contribution in [3.05, 3.63) is 29.3 Å². The molecule has 0 aromatic heterocycles. The second-order valence-electron chi connectivity index (χ2n) is 5.12. The molecule has 18 heavy (non-hydrogen) atoms. The SMILES string of the molecule is Cc1cccc(OCCN2CCC(O)CC2)c1C. The molecule has 0 bridgehead atoms. The molecule has 0 unspecified atom stereocenters. The van der Waals surface area contributed by atoms with Crippen LogP contribution in [0.2, 0.25) is 0 Å². The van der Waals surface area contributed by atoms with Crippen LogP contribution in [0.5, 0.6) is 5.75 Å². The molecule has 1 aromatic rings. The number of piperidine rings is 1. The first kappa shape index (κ1) is 13.4. The fraction of sp³-hybridized carbons (Fsp3) is 0.600. The normalized spacial score (nSPS) is 17.9. The van der Waals surface area contributed by atoms with E-state index in [1.807, 2.05) is 12.1 Å². The van der Waals surface area contributed by atoms with E-state index in [1.54, 1.807) is 0 Å². The molecule has 0 aliphatic carbocycles. The van der Waals surface area contributed by atoms with Gasteiger partial charge in [0.25, 0.3) is 0 Å². The molecule has 1 saturated heterocycles. The average Bonchev–Trinajstić information content (AvgIpc) is 2.37. The summed E-state index contributed by atoms with van der Waals surface area (Å²) in [6.45, 7) is 7.84. The highest BCUT2D eigenvalue weighted by molar-refractivity contribution is 5.38. The molecular weight excluding hydrogens is 226 g/mol. The Balaban J connectivity index is 1.77. The molecule has 1 aliphatic heterocycles. The molecule has 0 radical (unpaired) electrons. The quantitative estimate of drug-likeness (QED) is 0.887. The summed E-state index contributed by atoms with van der Waals surface area (Å²) in [7, 11) is 0. The van der Waals surface area contributed by atoms with Gasteiger partial charge in [0.05, 0.1) is 6.10 Å². The van der Waals surface area contributed by atoms with Crippen LogP contribution in [0.1, 0.15) is 24.0 Å². The summed E-state index contributed by atoms with van der Waals surface area (Å²) in [6.07, 6.45) is 1.69. The lowest BCUT2D eigenvalue weighted by Gasteiger charge is -2.29. The first-order valence-electron chi connectivity index (χ1n) is 6.76. The highest BCUT2D eigenvalue weighted by Gasteiger charge is 2.16. The zero-order valence-electron chi connectivity index (χ0n) is 11.4. The third kappa shape index (κ3) is 3.47. The van der Waals surface area contributed by atoms with E-state index in [1.165, 1.54) is 11.1 Å². The Morgan fingerprint density at radius 3 is 2.72 bits per heavy atom. The molecular formula is C15H23NO2. The highest BCUT2D eigenvalue weighted by Crippen LogP contribution is 2.20. The molecule has 1 N–H and O–H groups in total. The van der Waals surface area contributed by atoms with Crippen LogP contribution in [-0.4, -0.2) is 42.4 Å². The number of likely N-dealkylation sites (tertiary alicyclic amines) is 1. The fourth-order valence-electron chi connectivity index (χ4n) is 2.31. The minimum Gasteiger partial charge on any atom is -0.492 e. The number of aryl methyl sites for hydroxylation is 1. The molecule has 0 amide bonds. The highest BCUT2D eigenvalue weighted by atomic mass is 16.5. The van der Waals surface area contributed by atoms with Gasteiger partial charge in [0.2, 0.25) is 0 Å². The topological polar surface area (TPSA) is 32.7 Å². The van der Waals surface area contributed by atoms with Crippen molar-refractivity contribution in [1.29, 1.82) is 0 Å². The van der Waals surface area contributed by atoms with E-state index >= 15 is 0 Å². The molecule has 1 fully saturated rings. The third-order valence-corrected chi connectivity index (χ3v) is 3.78. The van der Waals surface area contributed by atoms with Crippen LogP contribution < -0.4 is 4.74 Å². The van der Waals surface area contributed by atoms with Gasteiger partial charge in [-0.25, -0.2) is 0 Å². The van der Waals surface area contributed by atoms with Crippen molar-refractivity contribution >= 4 is 0 Å². The Bertz CT molecular complexity index is 384. The zero-order valence-corrected chi connectivity index (χ0v) is 11.4. The van der Waals surface area contributed by atoms with Crippen LogP contribution in [-0.2, 0) is 0 Å². The second-order valence-corrected chi connectivity index (χ2v) is 5.12. The maximum Gasteiger partial charge on any atom is 0.122 e. The van der Waals surface area contributed by atoms with Gasteiger partial charge in [-0.15, -0.1) is 0 Å². The standard InChI is InChI=1S/C15H23NO2/c1-12-4-3-5-15(13(12)2)18-11-10-16-8-6-14(17)7-9-16/h3-5,14,17H,6-11H2,1-2H3. The lowest BCUT2D eigenvalue weighted by Crippen LogP contribution is -2.38. The number of hydrogen-bond acceptors (Lipinski definition) is 3. The van der Waals surface area contributed by atoms with Crippen LogP contribution in [0.3, 0.4) is 0 Å². The fourth-order valence-corrected chi connectivity index (χ4v) is 2.31. The van der Waals surface area contributed by atoms with E-state index in [0.29, 0.717) is 0 Å². The molecule has 0 saturated carbocycles. The lowest BCUT2D eigenvalue weighted by atomic mass is 10.1. The van der Waals surface area contributed by atoms with Gasteiger partial charge >= 0.3 is 0 Å². The second kappa shape index (κ2) is 6.21. The number of aliphatic hydroxyl groups is 1. The molecule has 3 heteroatoms. The Morgan fingerprint density at radius 1 is 1.28 bits per heavy atom. The maximum absolute atomic E-state index is 9.44. The number of benzene rings is 1. The Morgan fingerprint density at radius 2 is 2.00 bits per heavy atom. The first-order chi connectivity index (χ1) is 8.66. The van der Waals surface area contributed by atoms with Crippen LogP contribution in [0.4, 0.5) is 0 Å². The van der Waals surface area contributed by atoms with Gasteiger partial charge in [-0.05, 0) is 43.9 Å². The predicted molar refractivity (Wildman–Crippen MR) is 73.1 cm³/mol. The van der Waals surface area contributed by atoms with Crippen LogP contribution in [0.25, 0.3) is 0 Å². The van der Waals surface area contributed by atoms with E-state index in [2.05, 4.69) is 24.8 Å². The van der Waals surface area contributed by atoms with E-state index in [0.717, 1.165) is 44.8 Å². The number of aliphatic hydroxyl groups excluding tert-OH is 1. The maximum atomic E-state index is 9.44. The van der Waals surface area contributed by atoms with E-state index in [-0.39, 0.29) is 6.10 Å². The monoisotopic (exact) mass is 249 g/mol. The molecule has 1 aliphatic rings. The Hall–Kier alpha value is -1.06. The largest absolute Gasteiger partial charge is 0.492 e. The Labute approximate surface area is 109 Å². The van der Waals surface area contributed by atoms with Gasteiger partial charge in [0.15, 0.2) is 0 Å². The van der Waals surface area contributed by atoms with Gasteiger partial charge in [0.1, 0.15) is 12.4 Å². The molecule has 0 spiro atoms. The summed E-state index contributed by atoms with van der Waals surface area (Å²) >= 11 is 0. The molecule has 3 nitrogen and oxygen atoms in total. The lowest BCUT2D eigenvalue weighted by molar-refractivity contribution is 0.0754. The number of ether oxygens (including phenoxy) is 1. The van der Waals surface area contributed by atoms with E-state index in [9.17, 15) is 5.11 Å². The summed E-state index contributed by atoms with van der Waals surface area (Å²) in [6, 6.07) is 6.17. The summed E-state index contributed by atoms with van der Waals surface area (Å²) < 4.78 is 5.84. The van der Waals surface area contributed by atoms with Crippen molar-refractivity contribution < 1.29 is 9.84 Å². The smallest absolute Gasteiger partial charge is 0.122 e. The minimum absolute atomic E-state index is 0.0961. The van der Waals surface area contributed by atoms with E-state index < -0.39 is 0 Å². The minimum atomic E-state index is -0.0961. The third-order valence-electron chi connectivity index (χ3n) is 3.78. The zero-order chi connectivity index (χ0) is 13.0. The van der Waals surface area contributed by atoms with Gasteiger partial charge in [0, 0.05) is 19.6 Å². The van der Waals surface area contributed by atoms with Gasteiger partial charge in [-0.3, -0.25) is 4.90 Å². The van der Waals surface area contributed by atoms with Crippen LogP contribution in [0.15, 0.2) is 18.2 Å². The van der Waals surface area contributed by atoms with Gasteiger partial charge in [-0.1, -0.05) is 12.1 Å². The number of hydrogen-bond donors (Lipinski definition) is 1. The average molecular weight is 249 g/mol. The van der Waals surface area contributed by atoms with Crippen molar-refractivity contribution in [3.63, 3.8) is 0 Å². The molecule has 100 valence electrons. The number of nitrogens with zero attached hydrogens (tertiary/aromatic N) is 1. The first-order valence-corrected chi connectivity index (χ1v) is 6.76.